The quantitative estimate of drug-likeness (QED) is 0.372. The van der Waals surface area contributed by atoms with Crippen LogP contribution in [0.2, 0.25) is 5.02 Å². The predicted molar refractivity (Wildman–Crippen MR) is 120 cm³/mol. The summed E-state index contributed by atoms with van der Waals surface area (Å²) in [6.07, 6.45) is 1.50. The molecule has 0 saturated heterocycles. The SMILES string of the molecule is CCOc1ccc(Br)c(C=NNC(=O)CNC(=O)c2sc3ccccc3c2Cl)c1. The largest absolute Gasteiger partial charge is 0.494 e. The van der Waals surface area contributed by atoms with Crippen molar-refractivity contribution in [2.24, 2.45) is 5.10 Å². The molecule has 1 heterocycles. The van der Waals surface area contributed by atoms with Crippen LogP contribution in [0.3, 0.4) is 0 Å². The van der Waals surface area contributed by atoms with Gasteiger partial charge in [0, 0.05) is 20.1 Å². The Hall–Kier alpha value is -2.42. The van der Waals surface area contributed by atoms with Gasteiger partial charge in [-0.2, -0.15) is 5.10 Å². The first kappa shape index (κ1) is 21.3. The predicted octanol–water partition coefficient (Wildman–Crippen LogP) is 4.60. The zero-order valence-corrected chi connectivity index (χ0v) is 18.5. The summed E-state index contributed by atoms with van der Waals surface area (Å²) in [5, 5.41) is 7.69. The number of carbonyl (C=O) groups is 2. The van der Waals surface area contributed by atoms with E-state index in [0.717, 1.165) is 20.1 Å². The van der Waals surface area contributed by atoms with Crippen molar-refractivity contribution in [3.63, 3.8) is 0 Å². The first-order chi connectivity index (χ1) is 14.0. The lowest BCUT2D eigenvalue weighted by molar-refractivity contribution is -0.120. The number of hydrogen-bond acceptors (Lipinski definition) is 5. The van der Waals surface area contributed by atoms with Gasteiger partial charge < -0.3 is 10.1 Å². The van der Waals surface area contributed by atoms with E-state index in [9.17, 15) is 9.59 Å². The van der Waals surface area contributed by atoms with Gasteiger partial charge in [-0.05, 0) is 31.2 Å². The molecule has 0 atom stereocenters. The van der Waals surface area contributed by atoms with E-state index in [-0.39, 0.29) is 6.54 Å². The molecule has 0 aliphatic rings. The highest BCUT2D eigenvalue weighted by Gasteiger charge is 2.17. The van der Waals surface area contributed by atoms with Crippen molar-refractivity contribution in [1.82, 2.24) is 10.7 Å². The van der Waals surface area contributed by atoms with Crippen LogP contribution in [-0.4, -0.2) is 31.2 Å². The average Bonchev–Trinajstić information content (AvgIpc) is 3.06. The summed E-state index contributed by atoms with van der Waals surface area (Å²) in [5.41, 5.74) is 3.13. The summed E-state index contributed by atoms with van der Waals surface area (Å²) in [5.74, 6) is -0.151. The minimum Gasteiger partial charge on any atom is -0.494 e. The van der Waals surface area contributed by atoms with Crippen molar-refractivity contribution in [3.8, 4) is 5.75 Å². The Morgan fingerprint density at radius 1 is 1.28 bits per heavy atom. The zero-order chi connectivity index (χ0) is 20.8. The van der Waals surface area contributed by atoms with Crippen LogP contribution >= 0.6 is 38.9 Å². The molecule has 9 heteroatoms. The highest BCUT2D eigenvalue weighted by molar-refractivity contribution is 9.10. The number of halogens is 2. The fourth-order valence-electron chi connectivity index (χ4n) is 2.49. The maximum atomic E-state index is 12.4. The molecule has 150 valence electrons. The Balaban J connectivity index is 1.56. The van der Waals surface area contributed by atoms with Crippen LogP contribution in [0.15, 0.2) is 52.0 Å². The molecular formula is C20H17BrClN3O3S. The number of hydrazone groups is 1. The second-order valence-corrected chi connectivity index (χ2v) is 8.12. The number of benzene rings is 2. The summed E-state index contributed by atoms with van der Waals surface area (Å²) >= 11 is 11.0. The van der Waals surface area contributed by atoms with E-state index in [4.69, 9.17) is 16.3 Å². The molecule has 0 aliphatic carbocycles. The van der Waals surface area contributed by atoms with Crippen molar-refractivity contribution in [2.45, 2.75) is 6.92 Å². The normalized spacial score (nSPS) is 11.0. The molecule has 0 spiro atoms. The smallest absolute Gasteiger partial charge is 0.263 e. The van der Waals surface area contributed by atoms with Crippen LogP contribution in [-0.2, 0) is 4.79 Å². The van der Waals surface area contributed by atoms with E-state index < -0.39 is 11.8 Å². The van der Waals surface area contributed by atoms with Crippen LogP contribution in [0.5, 0.6) is 5.75 Å². The maximum Gasteiger partial charge on any atom is 0.263 e. The number of carbonyl (C=O) groups excluding carboxylic acids is 2. The molecule has 0 unspecified atom stereocenters. The van der Waals surface area contributed by atoms with Crippen LogP contribution in [0, 0.1) is 0 Å². The summed E-state index contributed by atoms with van der Waals surface area (Å²) < 4.78 is 7.17. The van der Waals surface area contributed by atoms with Crippen LogP contribution in [0.25, 0.3) is 10.1 Å². The molecule has 0 saturated carbocycles. The Labute approximate surface area is 185 Å². The van der Waals surface area contributed by atoms with E-state index in [1.165, 1.54) is 17.6 Å². The standard InChI is InChI=1S/C20H17BrClN3O3S/c1-2-28-13-7-8-15(21)12(9-13)10-24-25-17(26)11-23-20(27)19-18(22)14-5-3-4-6-16(14)29-19/h3-10H,2,11H2,1H3,(H,23,27)(H,25,26). The Bertz CT molecular complexity index is 1080. The molecule has 2 amide bonds. The maximum absolute atomic E-state index is 12.4. The number of amides is 2. The van der Waals surface area contributed by atoms with Gasteiger partial charge in [0.2, 0.25) is 0 Å². The van der Waals surface area contributed by atoms with Gasteiger partial charge in [0.15, 0.2) is 0 Å². The van der Waals surface area contributed by atoms with E-state index in [0.29, 0.717) is 22.3 Å². The van der Waals surface area contributed by atoms with Gasteiger partial charge in [-0.3, -0.25) is 9.59 Å². The monoisotopic (exact) mass is 493 g/mol. The second kappa shape index (κ2) is 9.87. The van der Waals surface area contributed by atoms with Crippen molar-refractivity contribution < 1.29 is 14.3 Å². The summed E-state index contributed by atoms with van der Waals surface area (Å²) in [4.78, 5) is 24.7. The van der Waals surface area contributed by atoms with Crippen molar-refractivity contribution >= 4 is 67.0 Å². The van der Waals surface area contributed by atoms with E-state index >= 15 is 0 Å². The molecule has 2 aromatic carbocycles. The molecule has 0 aliphatic heterocycles. The van der Waals surface area contributed by atoms with E-state index in [2.05, 4.69) is 31.8 Å². The third kappa shape index (κ3) is 5.35. The first-order valence-electron chi connectivity index (χ1n) is 8.69. The van der Waals surface area contributed by atoms with Gasteiger partial charge in [0.1, 0.15) is 10.6 Å². The Morgan fingerprint density at radius 2 is 2.07 bits per heavy atom. The average molecular weight is 495 g/mol. The van der Waals surface area contributed by atoms with Crippen molar-refractivity contribution in [3.05, 3.63) is 62.4 Å². The number of rotatable bonds is 7. The lowest BCUT2D eigenvalue weighted by Gasteiger charge is -2.05. The molecule has 6 nitrogen and oxygen atoms in total. The Morgan fingerprint density at radius 3 is 2.83 bits per heavy atom. The number of nitrogens with one attached hydrogen (secondary N) is 2. The molecule has 2 N–H and O–H groups in total. The number of ether oxygens (including phenoxy) is 1. The minimum absolute atomic E-state index is 0.221. The van der Waals surface area contributed by atoms with Crippen molar-refractivity contribution in [1.29, 1.82) is 0 Å². The van der Waals surface area contributed by atoms with Gasteiger partial charge >= 0.3 is 0 Å². The van der Waals surface area contributed by atoms with E-state index in [1.807, 2.05) is 43.3 Å². The topological polar surface area (TPSA) is 79.8 Å². The molecule has 0 bridgehead atoms. The summed E-state index contributed by atoms with van der Waals surface area (Å²) in [7, 11) is 0. The van der Waals surface area contributed by atoms with Crippen LogP contribution in [0.4, 0.5) is 0 Å². The number of hydrogen-bond donors (Lipinski definition) is 2. The number of thiophene rings is 1. The van der Waals surface area contributed by atoms with Crippen LogP contribution in [0.1, 0.15) is 22.2 Å². The molecule has 29 heavy (non-hydrogen) atoms. The molecule has 1 aromatic heterocycles. The highest BCUT2D eigenvalue weighted by Crippen LogP contribution is 2.34. The fraction of sp³-hybridized carbons (Fsp3) is 0.150. The van der Waals surface area contributed by atoms with E-state index in [1.54, 1.807) is 6.07 Å². The lowest BCUT2D eigenvalue weighted by Crippen LogP contribution is -2.34. The molecule has 3 rings (SSSR count). The number of nitrogens with zero attached hydrogens (tertiary/aromatic N) is 1. The van der Waals surface area contributed by atoms with Gasteiger partial charge in [-0.25, -0.2) is 5.43 Å². The molecule has 0 radical (unpaired) electrons. The minimum atomic E-state index is -0.455. The third-order valence-corrected chi connectivity index (χ3v) is 6.22. The fourth-order valence-corrected chi connectivity index (χ4v) is 4.27. The molecule has 3 aromatic rings. The highest BCUT2D eigenvalue weighted by atomic mass is 79.9. The Kier molecular flexibility index (Phi) is 7.24. The molecule has 0 fully saturated rings. The van der Waals surface area contributed by atoms with Crippen LogP contribution < -0.4 is 15.5 Å². The summed E-state index contributed by atoms with van der Waals surface area (Å²) in [6, 6.07) is 12.9. The van der Waals surface area contributed by atoms with Gasteiger partial charge in [-0.1, -0.05) is 45.7 Å². The lowest BCUT2D eigenvalue weighted by atomic mass is 10.2. The van der Waals surface area contributed by atoms with Gasteiger partial charge in [-0.15, -0.1) is 11.3 Å². The van der Waals surface area contributed by atoms with Crippen molar-refractivity contribution in [2.75, 3.05) is 13.2 Å². The molecular weight excluding hydrogens is 478 g/mol. The number of fused-ring (bicyclic) bond motifs is 1. The first-order valence-corrected chi connectivity index (χ1v) is 10.7. The third-order valence-electron chi connectivity index (χ3n) is 3.82. The zero-order valence-electron chi connectivity index (χ0n) is 15.4. The summed E-state index contributed by atoms with van der Waals surface area (Å²) in [6.45, 7) is 2.23. The van der Waals surface area contributed by atoms with Gasteiger partial charge in [0.05, 0.1) is 24.4 Å². The van der Waals surface area contributed by atoms with Gasteiger partial charge in [0.25, 0.3) is 11.8 Å². The second-order valence-electron chi connectivity index (χ2n) is 5.83.